The van der Waals surface area contributed by atoms with Gasteiger partial charge >= 0.3 is 0 Å². The number of furan rings is 1. The molecule has 3 aromatic rings. The molecule has 1 aromatic heterocycles. The molecule has 1 atom stereocenters. The van der Waals surface area contributed by atoms with Crippen LogP contribution in [-0.4, -0.2) is 53.2 Å². The largest absolute Gasteiger partial charge is 0.497 e. The van der Waals surface area contributed by atoms with Crippen LogP contribution in [0.25, 0.3) is 0 Å². The summed E-state index contributed by atoms with van der Waals surface area (Å²) in [5.41, 5.74) is 1.14. The van der Waals surface area contributed by atoms with Gasteiger partial charge in [-0.3, -0.25) is 4.90 Å². The lowest BCUT2D eigenvalue weighted by Crippen LogP contribution is -2.49. The summed E-state index contributed by atoms with van der Waals surface area (Å²) in [7, 11) is -2.09. The van der Waals surface area contributed by atoms with Crippen LogP contribution in [0.15, 0.2) is 76.2 Å². The van der Waals surface area contributed by atoms with Gasteiger partial charge in [0.15, 0.2) is 0 Å². The van der Waals surface area contributed by atoms with Crippen molar-refractivity contribution in [3.63, 3.8) is 0 Å². The SMILES string of the molecule is COc1ccc(N2CCN(C(CNS(=O)(=O)c3ccccc3Cl)c3ccco3)CC2)cc1. The van der Waals surface area contributed by atoms with Crippen LogP contribution in [0, 0.1) is 0 Å². The van der Waals surface area contributed by atoms with Crippen molar-refractivity contribution >= 4 is 27.3 Å². The summed E-state index contributed by atoms with van der Waals surface area (Å²) in [6.07, 6.45) is 1.61. The second-order valence-corrected chi connectivity index (χ2v) is 9.68. The Morgan fingerprint density at radius 3 is 2.38 bits per heavy atom. The van der Waals surface area contributed by atoms with Crippen LogP contribution in [0.2, 0.25) is 5.02 Å². The van der Waals surface area contributed by atoms with Gasteiger partial charge in [-0.1, -0.05) is 23.7 Å². The average Bonchev–Trinajstić information content (AvgIpc) is 3.34. The number of nitrogens with one attached hydrogen (secondary N) is 1. The Labute approximate surface area is 193 Å². The fourth-order valence-electron chi connectivity index (χ4n) is 3.90. The number of methoxy groups -OCH3 is 1. The lowest BCUT2D eigenvalue weighted by atomic mass is 10.1. The Balaban J connectivity index is 1.44. The van der Waals surface area contributed by atoms with Crippen LogP contribution >= 0.6 is 11.6 Å². The number of sulfonamides is 1. The fourth-order valence-corrected chi connectivity index (χ4v) is 5.46. The Hall–Kier alpha value is -2.52. The Bertz CT molecular complexity index is 1110. The number of ether oxygens (including phenoxy) is 1. The lowest BCUT2D eigenvalue weighted by Gasteiger charge is -2.39. The Kier molecular flexibility index (Phi) is 7.05. The lowest BCUT2D eigenvalue weighted by molar-refractivity contribution is 0.166. The summed E-state index contributed by atoms with van der Waals surface area (Å²) >= 11 is 6.10. The highest BCUT2D eigenvalue weighted by Crippen LogP contribution is 2.27. The number of rotatable bonds is 8. The van der Waals surface area contributed by atoms with E-state index in [-0.39, 0.29) is 22.5 Å². The molecule has 0 saturated carbocycles. The average molecular weight is 476 g/mol. The van der Waals surface area contributed by atoms with E-state index in [0.717, 1.165) is 43.4 Å². The van der Waals surface area contributed by atoms with Gasteiger partial charge in [0.1, 0.15) is 16.4 Å². The van der Waals surface area contributed by atoms with Crippen molar-refractivity contribution in [2.45, 2.75) is 10.9 Å². The van der Waals surface area contributed by atoms with Crippen LogP contribution in [0.1, 0.15) is 11.8 Å². The van der Waals surface area contributed by atoms with Crippen molar-refractivity contribution in [1.29, 1.82) is 0 Å². The van der Waals surface area contributed by atoms with E-state index in [1.165, 1.54) is 6.07 Å². The number of benzene rings is 2. The summed E-state index contributed by atoms with van der Waals surface area (Å²) in [4.78, 5) is 4.63. The molecule has 32 heavy (non-hydrogen) atoms. The van der Waals surface area contributed by atoms with Gasteiger partial charge in [-0.25, -0.2) is 13.1 Å². The van der Waals surface area contributed by atoms with E-state index < -0.39 is 10.0 Å². The smallest absolute Gasteiger partial charge is 0.242 e. The van der Waals surface area contributed by atoms with Crippen molar-refractivity contribution in [1.82, 2.24) is 9.62 Å². The predicted octanol–water partition coefficient (Wildman–Crippen LogP) is 3.78. The number of nitrogens with zero attached hydrogens (tertiary/aromatic N) is 2. The van der Waals surface area contributed by atoms with Crippen molar-refractivity contribution in [2.75, 3.05) is 44.7 Å². The highest BCUT2D eigenvalue weighted by Gasteiger charge is 2.29. The molecular formula is C23H26ClN3O4S. The molecule has 0 radical (unpaired) electrons. The molecule has 1 aliphatic heterocycles. The van der Waals surface area contributed by atoms with Gasteiger partial charge in [0.2, 0.25) is 10.0 Å². The first-order valence-corrected chi connectivity index (χ1v) is 12.2. The molecule has 170 valence electrons. The van der Waals surface area contributed by atoms with Gasteiger partial charge in [-0.05, 0) is 48.5 Å². The van der Waals surface area contributed by atoms with E-state index >= 15 is 0 Å². The first-order chi connectivity index (χ1) is 15.5. The molecule has 2 aromatic carbocycles. The van der Waals surface area contributed by atoms with E-state index in [1.54, 1.807) is 31.6 Å². The molecule has 4 rings (SSSR count). The zero-order chi connectivity index (χ0) is 22.6. The normalized spacial score (nSPS) is 16.1. The summed E-state index contributed by atoms with van der Waals surface area (Å²) in [6, 6.07) is 17.9. The molecule has 2 heterocycles. The third-order valence-corrected chi connectivity index (χ3v) is 7.58. The maximum Gasteiger partial charge on any atom is 0.242 e. The van der Waals surface area contributed by atoms with E-state index in [1.807, 2.05) is 24.3 Å². The molecule has 0 bridgehead atoms. The fraction of sp³-hybridized carbons (Fsp3) is 0.304. The second kappa shape index (κ2) is 9.95. The van der Waals surface area contributed by atoms with E-state index in [0.29, 0.717) is 0 Å². The van der Waals surface area contributed by atoms with Crippen LogP contribution in [-0.2, 0) is 10.0 Å². The van der Waals surface area contributed by atoms with Gasteiger partial charge in [-0.2, -0.15) is 0 Å². The molecule has 1 N–H and O–H groups in total. The van der Waals surface area contributed by atoms with Crippen LogP contribution < -0.4 is 14.4 Å². The van der Waals surface area contributed by atoms with Crippen molar-refractivity contribution < 1.29 is 17.6 Å². The molecule has 0 amide bonds. The molecule has 9 heteroatoms. The molecule has 1 aliphatic rings. The van der Waals surface area contributed by atoms with Crippen LogP contribution in [0.3, 0.4) is 0 Å². The molecular weight excluding hydrogens is 450 g/mol. The molecule has 1 saturated heterocycles. The third kappa shape index (κ3) is 5.10. The quantitative estimate of drug-likeness (QED) is 0.534. The van der Waals surface area contributed by atoms with Gasteiger partial charge in [0.25, 0.3) is 0 Å². The van der Waals surface area contributed by atoms with Crippen molar-refractivity contribution in [2.24, 2.45) is 0 Å². The van der Waals surface area contributed by atoms with Gasteiger partial charge in [-0.15, -0.1) is 0 Å². The third-order valence-electron chi connectivity index (χ3n) is 5.66. The zero-order valence-corrected chi connectivity index (χ0v) is 19.3. The molecule has 0 aliphatic carbocycles. The maximum atomic E-state index is 12.8. The monoisotopic (exact) mass is 475 g/mol. The van der Waals surface area contributed by atoms with E-state index in [9.17, 15) is 8.42 Å². The first kappa shape index (κ1) is 22.7. The number of hydrogen-bond donors (Lipinski definition) is 1. The summed E-state index contributed by atoms with van der Waals surface area (Å²) in [5.74, 6) is 1.56. The molecule has 0 spiro atoms. The highest BCUT2D eigenvalue weighted by atomic mass is 35.5. The molecule has 1 fully saturated rings. The zero-order valence-electron chi connectivity index (χ0n) is 17.8. The standard InChI is InChI=1S/C23H26ClN3O4S/c1-30-19-10-8-18(9-11-19)26-12-14-27(15-13-26)21(22-6-4-16-31-22)17-25-32(28,29)23-7-3-2-5-20(23)24/h2-11,16,21,25H,12-15,17H2,1H3. The highest BCUT2D eigenvalue weighted by molar-refractivity contribution is 7.89. The number of halogens is 1. The predicted molar refractivity (Wildman–Crippen MR) is 125 cm³/mol. The van der Waals surface area contributed by atoms with E-state index in [2.05, 4.69) is 26.7 Å². The van der Waals surface area contributed by atoms with Gasteiger partial charge in [0, 0.05) is 38.4 Å². The minimum atomic E-state index is -3.75. The molecule has 7 nitrogen and oxygen atoms in total. The topological polar surface area (TPSA) is 75.0 Å². The number of hydrogen-bond acceptors (Lipinski definition) is 6. The van der Waals surface area contributed by atoms with E-state index in [4.69, 9.17) is 20.8 Å². The molecule has 1 unspecified atom stereocenters. The second-order valence-electron chi connectivity index (χ2n) is 7.53. The number of piperazine rings is 1. The minimum absolute atomic E-state index is 0.0733. The van der Waals surface area contributed by atoms with Gasteiger partial charge in [0.05, 0.1) is 24.4 Å². The van der Waals surface area contributed by atoms with Crippen molar-refractivity contribution in [3.8, 4) is 5.75 Å². The Morgan fingerprint density at radius 2 is 1.75 bits per heavy atom. The maximum absolute atomic E-state index is 12.8. The summed E-state index contributed by atoms with van der Waals surface area (Å²) in [5, 5.41) is 0.197. The van der Waals surface area contributed by atoms with Gasteiger partial charge < -0.3 is 14.1 Å². The summed E-state index contributed by atoms with van der Waals surface area (Å²) in [6.45, 7) is 3.36. The summed E-state index contributed by atoms with van der Waals surface area (Å²) < 4.78 is 39.3. The van der Waals surface area contributed by atoms with Crippen molar-refractivity contribution in [3.05, 3.63) is 77.7 Å². The van der Waals surface area contributed by atoms with Crippen LogP contribution in [0.4, 0.5) is 5.69 Å². The number of anilines is 1. The minimum Gasteiger partial charge on any atom is -0.497 e. The van der Waals surface area contributed by atoms with Crippen LogP contribution in [0.5, 0.6) is 5.75 Å². The first-order valence-electron chi connectivity index (χ1n) is 10.4. The Morgan fingerprint density at radius 1 is 1.03 bits per heavy atom.